The van der Waals surface area contributed by atoms with Gasteiger partial charge in [-0.15, -0.1) is 0 Å². The van der Waals surface area contributed by atoms with E-state index in [-0.39, 0.29) is 11.5 Å². The van der Waals surface area contributed by atoms with Gasteiger partial charge in [-0.2, -0.15) is 0 Å². The van der Waals surface area contributed by atoms with Crippen LogP contribution in [-0.2, 0) is 0 Å². The molecule has 1 fully saturated rings. The Morgan fingerprint density at radius 1 is 1.14 bits per heavy atom. The first kappa shape index (κ1) is 13.8. The third-order valence-corrected chi connectivity index (χ3v) is 4.14. The molecule has 0 unspecified atom stereocenters. The first-order chi connectivity index (χ1) is 10.2. The van der Waals surface area contributed by atoms with Crippen molar-refractivity contribution < 1.29 is 13.9 Å². The normalized spacial score (nSPS) is 14.6. The van der Waals surface area contributed by atoms with Gasteiger partial charge in [0.1, 0.15) is 0 Å². The average molecular weight is 284 g/mol. The molecule has 1 saturated carbocycles. The summed E-state index contributed by atoms with van der Waals surface area (Å²) in [5.74, 6) is 0.114. The molecule has 21 heavy (non-hydrogen) atoms. The first-order valence-electron chi connectivity index (χ1n) is 7.17. The molecule has 0 bridgehead atoms. The van der Waals surface area contributed by atoms with Crippen LogP contribution in [0.15, 0.2) is 42.5 Å². The lowest BCUT2D eigenvalue weighted by Crippen LogP contribution is -2.10. The SMILES string of the molecule is COc1cc(C(=O)c2cccc(C3CCC3)c2)ccc1F. The van der Waals surface area contributed by atoms with E-state index in [1.54, 1.807) is 6.07 Å². The molecule has 108 valence electrons. The highest BCUT2D eigenvalue weighted by Gasteiger charge is 2.20. The topological polar surface area (TPSA) is 26.3 Å². The zero-order valence-electron chi connectivity index (χ0n) is 11.9. The Morgan fingerprint density at radius 3 is 2.57 bits per heavy atom. The zero-order chi connectivity index (χ0) is 14.8. The molecule has 0 atom stereocenters. The summed E-state index contributed by atoms with van der Waals surface area (Å²) in [4.78, 5) is 12.5. The molecule has 3 heteroatoms. The Balaban J connectivity index is 1.91. The van der Waals surface area contributed by atoms with E-state index in [9.17, 15) is 9.18 Å². The molecule has 0 saturated heterocycles. The number of carbonyl (C=O) groups excluding carboxylic acids is 1. The second-order valence-corrected chi connectivity index (χ2v) is 5.43. The Bertz CT molecular complexity index is 675. The maximum atomic E-state index is 13.4. The maximum absolute atomic E-state index is 13.4. The number of rotatable bonds is 4. The lowest BCUT2D eigenvalue weighted by atomic mass is 9.79. The van der Waals surface area contributed by atoms with Gasteiger partial charge in [0.05, 0.1) is 7.11 Å². The van der Waals surface area contributed by atoms with Gasteiger partial charge < -0.3 is 4.74 Å². The summed E-state index contributed by atoms with van der Waals surface area (Å²) in [6.07, 6.45) is 3.65. The van der Waals surface area contributed by atoms with E-state index in [4.69, 9.17) is 4.74 Å². The third kappa shape index (κ3) is 2.68. The van der Waals surface area contributed by atoms with E-state index in [0.29, 0.717) is 17.0 Å². The van der Waals surface area contributed by atoms with Crippen LogP contribution in [0.5, 0.6) is 5.75 Å². The zero-order valence-corrected chi connectivity index (χ0v) is 11.9. The Labute approximate surface area is 123 Å². The first-order valence-corrected chi connectivity index (χ1v) is 7.17. The van der Waals surface area contributed by atoms with Crippen LogP contribution in [0.4, 0.5) is 4.39 Å². The quantitative estimate of drug-likeness (QED) is 0.781. The van der Waals surface area contributed by atoms with Crippen molar-refractivity contribution in [2.24, 2.45) is 0 Å². The number of hydrogen-bond donors (Lipinski definition) is 0. The van der Waals surface area contributed by atoms with Gasteiger partial charge in [0.15, 0.2) is 17.3 Å². The molecular formula is C18H17FO2. The summed E-state index contributed by atoms with van der Waals surface area (Å²) in [7, 11) is 1.39. The van der Waals surface area contributed by atoms with Gasteiger partial charge in [-0.1, -0.05) is 24.6 Å². The minimum Gasteiger partial charge on any atom is -0.494 e. The number of carbonyl (C=O) groups is 1. The summed E-state index contributed by atoms with van der Waals surface area (Å²) in [6, 6.07) is 12.0. The standard InChI is InChI=1S/C18H17FO2/c1-21-17-11-15(8-9-16(17)19)18(20)14-7-3-6-13(10-14)12-4-2-5-12/h3,6-12H,2,4-5H2,1H3. The Morgan fingerprint density at radius 2 is 1.90 bits per heavy atom. The van der Waals surface area contributed by atoms with E-state index in [1.165, 1.54) is 50.1 Å². The molecule has 1 aliphatic rings. The van der Waals surface area contributed by atoms with E-state index in [0.717, 1.165) is 0 Å². The van der Waals surface area contributed by atoms with Gasteiger partial charge in [-0.25, -0.2) is 4.39 Å². The molecule has 0 radical (unpaired) electrons. The van der Waals surface area contributed by atoms with Crippen molar-refractivity contribution in [3.05, 3.63) is 65.0 Å². The fourth-order valence-electron chi connectivity index (χ4n) is 2.64. The third-order valence-electron chi connectivity index (χ3n) is 4.14. The fourth-order valence-corrected chi connectivity index (χ4v) is 2.64. The summed E-state index contributed by atoms with van der Waals surface area (Å²) < 4.78 is 18.4. The fraction of sp³-hybridized carbons (Fsp3) is 0.278. The molecule has 0 amide bonds. The second kappa shape index (κ2) is 5.68. The number of benzene rings is 2. The lowest BCUT2D eigenvalue weighted by molar-refractivity contribution is 0.103. The highest BCUT2D eigenvalue weighted by Crippen LogP contribution is 2.36. The van der Waals surface area contributed by atoms with E-state index in [2.05, 4.69) is 6.07 Å². The highest BCUT2D eigenvalue weighted by atomic mass is 19.1. The van der Waals surface area contributed by atoms with E-state index >= 15 is 0 Å². The van der Waals surface area contributed by atoms with E-state index in [1.807, 2.05) is 12.1 Å². The minimum absolute atomic E-state index is 0.0935. The van der Waals surface area contributed by atoms with Crippen molar-refractivity contribution in [2.45, 2.75) is 25.2 Å². The predicted octanol–water partition coefficient (Wildman–Crippen LogP) is 4.33. The van der Waals surface area contributed by atoms with Crippen LogP contribution < -0.4 is 4.74 Å². The van der Waals surface area contributed by atoms with Gasteiger partial charge >= 0.3 is 0 Å². The predicted molar refractivity (Wildman–Crippen MR) is 79.4 cm³/mol. The number of methoxy groups -OCH3 is 1. The van der Waals surface area contributed by atoms with Crippen molar-refractivity contribution >= 4 is 5.78 Å². The van der Waals surface area contributed by atoms with Crippen molar-refractivity contribution in [3.63, 3.8) is 0 Å². The molecule has 0 spiro atoms. The van der Waals surface area contributed by atoms with Crippen LogP contribution in [0.1, 0.15) is 46.7 Å². The van der Waals surface area contributed by atoms with Gasteiger partial charge in [0.2, 0.25) is 0 Å². The smallest absolute Gasteiger partial charge is 0.193 e. The van der Waals surface area contributed by atoms with Crippen LogP contribution in [-0.4, -0.2) is 12.9 Å². The average Bonchev–Trinajstić information content (AvgIpc) is 2.45. The molecule has 1 aliphatic carbocycles. The summed E-state index contributed by atoms with van der Waals surface area (Å²) in [5.41, 5.74) is 2.31. The molecule has 3 rings (SSSR count). The highest BCUT2D eigenvalue weighted by molar-refractivity contribution is 6.09. The van der Waals surface area contributed by atoms with Crippen LogP contribution in [0, 0.1) is 5.82 Å². The summed E-state index contributed by atoms with van der Waals surface area (Å²) >= 11 is 0. The molecule has 2 aromatic rings. The van der Waals surface area contributed by atoms with Crippen molar-refractivity contribution in [2.75, 3.05) is 7.11 Å². The van der Waals surface area contributed by atoms with Crippen LogP contribution in [0.3, 0.4) is 0 Å². The number of halogens is 1. The van der Waals surface area contributed by atoms with Gasteiger partial charge in [0, 0.05) is 11.1 Å². The van der Waals surface area contributed by atoms with Crippen LogP contribution in [0.2, 0.25) is 0 Å². The van der Waals surface area contributed by atoms with Gasteiger partial charge in [-0.3, -0.25) is 4.79 Å². The summed E-state index contributed by atoms with van der Waals surface area (Å²) in [5, 5.41) is 0. The van der Waals surface area contributed by atoms with Gasteiger partial charge in [0.25, 0.3) is 0 Å². The Kier molecular flexibility index (Phi) is 3.74. The molecular weight excluding hydrogens is 267 g/mol. The van der Waals surface area contributed by atoms with Crippen molar-refractivity contribution in [1.29, 1.82) is 0 Å². The molecule has 0 aromatic heterocycles. The second-order valence-electron chi connectivity index (χ2n) is 5.43. The van der Waals surface area contributed by atoms with Crippen molar-refractivity contribution in [1.82, 2.24) is 0 Å². The monoisotopic (exact) mass is 284 g/mol. The van der Waals surface area contributed by atoms with Crippen molar-refractivity contribution in [3.8, 4) is 5.75 Å². The van der Waals surface area contributed by atoms with E-state index < -0.39 is 5.82 Å². The minimum atomic E-state index is -0.461. The number of hydrogen-bond acceptors (Lipinski definition) is 2. The summed E-state index contributed by atoms with van der Waals surface area (Å²) in [6.45, 7) is 0. The van der Waals surface area contributed by atoms with Crippen LogP contribution in [0.25, 0.3) is 0 Å². The van der Waals surface area contributed by atoms with Crippen LogP contribution >= 0.6 is 0 Å². The molecule has 2 aromatic carbocycles. The molecule has 0 aliphatic heterocycles. The number of ketones is 1. The Hall–Kier alpha value is -2.16. The molecule has 0 N–H and O–H groups in total. The maximum Gasteiger partial charge on any atom is 0.193 e. The molecule has 0 heterocycles. The van der Waals surface area contributed by atoms with Gasteiger partial charge in [-0.05, 0) is 48.6 Å². The largest absolute Gasteiger partial charge is 0.494 e. The molecule has 2 nitrogen and oxygen atoms in total. The lowest BCUT2D eigenvalue weighted by Gasteiger charge is -2.26. The number of ether oxygens (including phenoxy) is 1.